The largest absolute Gasteiger partial charge is 0.497 e. The molecular weight excluding hydrogens is 502 g/mol. The van der Waals surface area contributed by atoms with Crippen LogP contribution in [0.25, 0.3) is 0 Å². The van der Waals surface area contributed by atoms with Crippen molar-refractivity contribution in [1.82, 2.24) is 10.2 Å². The summed E-state index contributed by atoms with van der Waals surface area (Å²) in [6.07, 6.45) is 1.46. The van der Waals surface area contributed by atoms with Gasteiger partial charge in [-0.3, -0.25) is 13.9 Å². The fourth-order valence-electron chi connectivity index (χ4n) is 3.80. The van der Waals surface area contributed by atoms with E-state index in [0.717, 1.165) is 11.8 Å². The number of nitrogens with one attached hydrogen (secondary N) is 1. The van der Waals surface area contributed by atoms with Crippen LogP contribution in [-0.2, 0) is 26.2 Å². The minimum atomic E-state index is -3.60. The van der Waals surface area contributed by atoms with Crippen molar-refractivity contribution in [3.05, 3.63) is 58.6 Å². The lowest BCUT2D eigenvalue weighted by atomic mass is 10.1. The number of benzene rings is 2. The Morgan fingerprint density at radius 1 is 1.11 bits per heavy atom. The van der Waals surface area contributed by atoms with Gasteiger partial charge in [0.2, 0.25) is 21.8 Å². The molecule has 0 aromatic heterocycles. The first-order valence-electron chi connectivity index (χ1n) is 11.8. The van der Waals surface area contributed by atoms with Gasteiger partial charge in [-0.15, -0.1) is 0 Å². The highest BCUT2D eigenvalue weighted by molar-refractivity contribution is 7.92. The van der Waals surface area contributed by atoms with Crippen molar-refractivity contribution in [1.29, 1.82) is 0 Å². The van der Waals surface area contributed by atoms with E-state index < -0.39 is 16.1 Å². The number of hydrogen-bond donors (Lipinski definition) is 1. The highest BCUT2D eigenvalue weighted by Crippen LogP contribution is 2.28. The van der Waals surface area contributed by atoms with Gasteiger partial charge in [0.05, 0.1) is 19.1 Å². The maximum Gasteiger partial charge on any atom is 0.242 e. The van der Waals surface area contributed by atoms with E-state index in [-0.39, 0.29) is 43.8 Å². The summed E-state index contributed by atoms with van der Waals surface area (Å²) in [6, 6.07) is 11.6. The zero-order chi connectivity index (χ0) is 27.0. The van der Waals surface area contributed by atoms with Crippen LogP contribution in [0.5, 0.6) is 5.75 Å². The molecule has 8 nitrogen and oxygen atoms in total. The summed E-state index contributed by atoms with van der Waals surface area (Å²) in [4.78, 5) is 27.6. The van der Waals surface area contributed by atoms with Crippen LogP contribution in [0.15, 0.2) is 42.5 Å². The van der Waals surface area contributed by atoms with Crippen molar-refractivity contribution < 1.29 is 22.7 Å². The molecule has 0 spiro atoms. The lowest BCUT2D eigenvalue weighted by Crippen LogP contribution is -2.49. The third-order valence-electron chi connectivity index (χ3n) is 5.75. The Kier molecular flexibility index (Phi) is 10.6. The van der Waals surface area contributed by atoms with E-state index in [1.807, 2.05) is 38.1 Å². The number of ether oxygens (including phenoxy) is 1. The smallest absolute Gasteiger partial charge is 0.242 e. The third kappa shape index (κ3) is 8.13. The fourth-order valence-corrected chi connectivity index (χ4v) is 4.99. The first-order valence-corrected chi connectivity index (χ1v) is 14.0. The summed E-state index contributed by atoms with van der Waals surface area (Å²) in [7, 11) is -2.04. The van der Waals surface area contributed by atoms with Gasteiger partial charge in [0.1, 0.15) is 11.8 Å². The molecule has 0 radical (unpaired) electrons. The van der Waals surface area contributed by atoms with Crippen LogP contribution in [0.2, 0.25) is 5.02 Å². The predicted octanol–water partition coefficient (Wildman–Crippen LogP) is 4.15. The second-order valence-electron chi connectivity index (χ2n) is 9.04. The molecule has 0 heterocycles. The molecule has 1 N–H and O–H groups in total. The summed E-state index contributed by atoms with van der Waals surface area (Å²) in [5.74, 6) is 0.147. The van der Waals surface area contributed by atoms with Crippen LogP contribution in [0.1, 0.15) is 44.7 Å². The molecular formula is C26H36ClN3O5S. The van der Waals surface area contributed by atoms with Crippen molar-refractivity contribution in [3.63, 3.8) is 0 Å². The quantitative estimate of drug-likeness (QED) is 0.439. The summed E-state index contributed by atoms with van der Waals surface area (Å²) in [6.45, 7) is 7.48. The van der Waals surface area contributed by atoms with Gasteiger partial charge in [0.25, 0.3) is 0 Å². The molecule has 0 aliphatic carbocycles. The monoisotopic (exact) mass is 537 g/mol. The van der Waals surface area contributed by atoms with Gasteiger partial charge in [0.15, 0.2) is 0 Å². The summed E-state index contributed by atoms with van der Waals surface area (Å²) in [5, 5.41) is 3.32. The van der Waals surface area contributed by atoms with Gasteiger partial charge in [-0.2, -0.15) is 0 Å². The molecule has 0 bridgehead atoms. The van der Waals surface area contributed by atoms with E-state index in [9.17, 15) is 18.0 Å². The number of halogens is 1. The Hall–Kier alpha value is -2.78. The zero-order valence-corrected chi connectivity index (χ0v) is 23.3. The van der Waals surface area contributed by atoms with Gasteiger partial charge >= 0.3 is 0 Å². The number of sulfonamides is 1. The lowest BCUT2D eigenvalue weighted by molar-refractivity contribution is -0.140. The van der Waals surface area contributed by atoms with Crippen LogP contribution in [0.4, 0.5) is 5.69 Å². The summed E-state index contributed by atoms with van der Waals surface area (Å²) in [5.41, 5.74) is 1.95. The molecule has 0 fully saturated rings. The standard InChI is InChI=1S/C26H36ClN3O5S/c1-18(2)28-26(32)20(4)29(17-21-10-7-11-22(16-21)35-5)25(31)14-9-15-30(36(6,33)34)24-13-8-12-23(27)19(24)3/h7-8,10-13,16,18,20H,9,14-15,17H2,1-6H3,(H,28,32)/t20-/m0/s1. The Labute approximate surface area is 219 Å². The highest BCUT2D eigenvalue weighted by Gasteiger charge is 2.27. The van der Waals surface area contributed by atoms with Crippen molar-refractivity contribution in [2.24, 2.45) is 0 Å². The zero-order valence-electron chi connectivity index (χ0n) is 21.7. The average molecular weight is 538 g/mol. The van der Waals surface area contributed by atoms with Gasteiger partial charge in [-0.05, 0) is 69.5 Å². The number of methoxy groups -OCH3 is 1. The number of rotatable bonds is 12. The Morgan fingerprint density at radius 2 is 1.78 bits per heavy atom. The second kappa shape index (κ2) is 13.0. The average Bonchev–Trinajstić information content (AvgIpc) is 2.80. The third-order valence-corrected chi connectivity index (χ3v) is 7.33. The molecule has 2 aromatic rings. The van der Waals surface area contributed by atoms with E-state index >= 15 is 0 Å². The number of carbonyl (C=O) groups excluding carboxylic acids is 2. The highest BCUT2D eigenvalue weighted by atomic mass is 35.5. The molecule has 0 aliphatic heterocycles. The van der Waals surface area contributed by atoms with E-state index in [1.165, 1.54) is 9.21 Å². The summed E-state index contributed by atoms with van der Waals surface area (Å²) >= 11 is 6.20. The van der Waals surface area contributed by atoms with Crippen molar-refractivity contribution in [3.8, 4) is 5.75 Å². The van der Waals surface area contributed by atoms with Crippen LogP contribution in [0.3, 0.4) is 0 Å². The fraction of sp³-hybridized carbons (Fsp3) is 0.462. The molecule has 1 atom stereocenters. The van der Waals surface area contributed by atoms with E-state index in [1.54, 1.807) is 39.2 Å². The van der Waals surface area contributed by atoms with Crippen LogP contribution in [-0.4, -0.2) is 57.1 Å². The molecule has 0 saturated carbocycles. The molecule has 0 unspecified atom stereocenters. The Morgan fingerprint density at radius 3 is 2.39 bits per heavy atom. The molecule has 36 heavy (non-hydrogen) atoms. The minimum absolute atomic E-state index is 0.0644. The topological polar surface area (TPSA) is 96.0 Å². The number of nitrogens with zero attached hydrogens (tertiary/aromatic N) is 2. The number of hydrogen-bond acceptors (Lipinski definition) is 5. The molecule has 2 amide bonds. The predicted molar refractivity (Wildman–Crippen MR) is 144 cm³/mol. The first-order chi connectivity index (χ1) is 16.8. The SMILES string of the molecule is COc1cccc(CN(C(=O)CCCN(c2cccc(Cl)c2C)S(C)(=O)=O)[C@@H](C)C(=O)NC(C)C)c1. The molecule has 10 heteroatoms. The Bertz CT molecular complexity index is 1170. The molecule has 0 aliphatic rings. The number of carbonyl (C=O) groups is 2. The second-order valence-corrected chi connectivity index (χ2v) is 11.3. The maximum atomic E-state index is 13.3. The van der Waals surface area contributed by atoms with Crippen molar-refractivity contribution >= 4 is 39.1 Å². The van der Waals surface area contributed by atoms with Gasteiger partial charge in [-0.1, -0.05) is 29.8 Å². The summed E-state index contributed by atoms with van der Waals surface area (Å²) < 4.78 is 31.6. The van der Waals surface area contributed by atoms with E-state index in [4.69, 9.17) is 16.3 Å². The lowest BCUT2D eigenvalue weighted by Gasteiger charge is -2.30. The molecule has 2 aromatic carbocycles. The van der Waals surface area contributed by atoms with Gasteiger partial charge < -0.3 is 15.0 Å². The van der Waals surface area contributed by atoms with Crippen molar-refractivity contribution in [2.75, 3.05) is 24.2 Å². The van der Waals surface area contributed by atoms with Crippen LogP contribution in [0, 0.1) is 6.92 Å². The number of anilines is 1. The van der Waals surface area contributed by atoms with Crippen LogP contribution < -0.4 is 14.4 Å². The minimum Gasteiger partial charge on any atom is -0.497 e. The van der Waals surface area contributed by atoms with Crippen LogP contribution >= 0.6 is 11.6 Å². The van der Waals surface area contributed by atoms with Crippen molar-refractivity contribution in [2.45, 2.75) is 59.2 Å². The molecule has 0 saturated heterocycles. The molecule has 2 rings (SSSR count). The van der Waals surface area contributed by atoms with E-state index in [0.29, 0.717) is 22.0 Å². The maximum absolute atomic E-state index is 13.3. The Balaban J connectivity index is 2.22. The van der Waals surface area contributed by atoms with Gasteiger partial charge in [0, 0.05) is 30.6 Å². The molecule has 198 valence electrons. The number of amides is 2. The van der Waals surface area contributed by atoms with Gasteiger partial charge in [-0.25, -0.2) is 8.42 Å². The normalized spacial score (nSPS) is 12.2. The first kappa shape index (κ1) is 29.5. The van der Waals surface area contributed by atoms with E-state index in [2.05, 4.69) is 5.32 Å².